The molecule has 0 spiro atoms. The van der Waals surface area contributed by atoms with Crippen molar-refractivity contribution in [2.75, 3.05) is 0 Å². The third-order valence-electron chi connectivity index (χ3n) is 3.68. The molecule has 0 aliphatic heterocycles. The van der Waals surface area contributed by atoms with E-state index in [0.717, 1.165) is 16.8 Å². The molecule has 0 saturated heterocycles. The lowest BCUT2D eigenvalue weighted by Crippen LogP contribution is -2.21. The molecule has 0 fully saturated rings. The minimum absolute atomic E-state index is 0.136. The fourth-order valence-electron chi connectivity index (χ4n) is 2.37. The van der Waals surface area contributed by atoms with Crippen molar-refractivity contribution in [1.82, 2.24) is 4.98 Å². The second-order valence-electron chi connectivity index (χ2n) is 5.59. The van der Waals surface area contributed by atoms with Crippen LogP contribution in [0.2, 0.25) is 0 Å². The molecule has 0 radical (unpaired) electrons. The zero-order chi connectivity index (χ0) is 13.5. The van der Waals surface area contributed by atoms with Crippen LogP contribution >= 0.6 is 0 Å². The van der Waals surface area contributed by atoms with Crippen molar-refractivity contribution in [2.45, 2.75) is 39.5 Å². The Bertz CT molecular complexity index is 608. The number of benzene rings is 1. The summed E-state index contributed by atoms with van der Waals surface area (Å²) in [5.74, 6) is -0.765. The molecule has 18 heavy (non-hydrogen) atoms. The predicted molar refractivity (Wildman–Crippen MR) is 73.1 cm³/mol. The van der Waals surface area contributed by atoms with E-state index in [9.17, 15) is 4.79 Å². The maximum absolute atomic E-state index is 10.9. The van der Waals surface area contributed by atoms with Gasteiger partial charge in [0.15, 0.2) is 0 Å². The second-order valence-corrected chi connectivity index (χ2v) is 5.59. The monoisotopic (exact) mass is 245 g/mol. The van der Waals surface area contributed by atoms with Crippen LogP contribution in [0.4, 0.5) is 0 Å². The van der Waals surface area contributed by atoms with Crippen molar-refractivity contribution in [2.24, 2.45) is 0 Å². The molecule has 2 aromatic rings. The molecule has 2 rings (SSSR count). The van der Waals surface area contributed by atoms with Crippen molar-refractivity contribution in [3.8, 4) is 0 Å². The zero-order valence-corrected chi connectivity index (χ0v) is 11.3. The maximum Gasteiger partial charge on any atom is 0.304 e. The van der Waals surface area contributed by atoms with Gasteiger partial charge in [0, 0.05) is 22.0 Å². The fourth-order valence-corrected chi connectivity index (χ4v) is 2.37. The molecule has 0 aliphatic carbocycles. The summed E-state index contributed by atoms with van der Waals surface area (Å²) in [4.78, 5) is 14.2. The Balaban J connectivity index is 2.50. The quantitative estimate of drug-likeness (QED) is 0.869. The molecule has 96 valence electrons. The average molecular weight is 245 g/mol. The molecule has 1 aromatic carbocycles. The Morgan fingerprint density at radius 3 is 2.61 bits per heavy atom. The van der Waals surface area contributed by atoms with Gasteiger partial charge in [0.2, 0.25) is 0 Å². The van der Waals surface area contributed by atoms with Crippen LogP contribution in [0.3, 0.4) is 0 Å². The third-order valence-corrected chi connectivity index (χ3v) is 3.68. The normalized spacial score (nSPS) is 12.0. The van der Waals surface area contributed by atoms with Crippen LogP contribution in [-0.4, -0.2) is 16.1 Å². The summed E-state index contributed by atoms with van der Waals surface area (Å²) in [5, 5.41) is 10.2. The van der Waals surface area contributed by atoms with Gasteiger partial charge in [-0.1, -0.05) is 26.0 Å². The standard InChI is InChI=1S/C15H19NO2/c1-9-10(2)16-13-7-11(5-6-12(9)13)15(3,4)8-14(17)18/h5-7,16H,8H2,1-4H3,(H,17,18). The van der Waals surface area contributed by atoms with E-state index in [4.69, 9.17) is 5.11 Å². The van der Waals surface area contributed by atoms with Crippen LogP contribution in [0.1, 0.15) is 37.1 Å². The van der Waals surface area contributed by atoms with Gasteiger partial charge in [0.1, 0.15) is 0 Å². The van der Waals surface area contributed by atoms with Crippen LogP contribution < -0.4 is 0 Å². The van der Waals surface area contributed by atoms with Crippen LogP contribution in [0.25, 0.3) is 10.9 Å². The Kier molecular flexibility index (Phi) is 2.93. The highest BCUT2D eigenvalue weighted by molar-refractivity contribution is 5.85. The number of aliphatic carboxylic acids is 1. The highest BCUT2D eigenvalue weighted by Gasteiger charge is 2.24. The number of aromatic amines is 1. The smallest absolute Gasteiger partial charge is 0.304 e. The van der Waals surface area contributed by atoms with Crippen LogP contribution in [-0.2, 0) is 10.2 Å². The number of carboxylic acids is 1. The largest absolute Gasteiger partial charge is 0.481 e. The average Bonchev–Trinajstić information content (AvgIpc) is 2.52. The lowest BCUT2D eigenvalue weighted by molar-refractivity contribution is -0.138. The van der Waals surface area contributed by atoms with Crippen molar-refractivity contribution < 1.29 is 9.90 Å². The molecule has 0 atom stereocenters. The first-order valence-corrected chi connectivity index (χ1v) is 6.12. The van der Waals surface area contributed by atoms with Gasteiger partial charge in [-0.25, -0.2) is 0 Å². The summed E-state index contributed by atoms with van der Waals surface area (Å²) < 4.78 is 0. The summed E-state index contributed by atoms with van der Waals surface area (Å²) in [6.07, 6.45) is 0.136. The lowest BCUT2D eigenvalue weighted by Gasteiger charge is -2.23. The van der Waals surface area contributed by atoms with Gasteiger partial charge in [0.25, 0.3) is 0 Å². The number of aryl methyl sites for hydroxylation is 2. The summed E-state index contributed by atoms with van der Waals surface area (Å²) in [5.41, 5.74) is 4.21. The Labute approximate surface area is 107 Å². The molecular weight excluding hydrogens is 226 g/mol. The molecule has 1 heterocycles. The Morgan fingerprint density at radius 1 is 1.33 bits per heavy atom. The van der Waals surface area contributed by atoms with E-state index in [2.05, 4.69) is 31.0 Å². The van der Waals surface area contributed by atoms with Gasteiger partial charge in [0.05, 0.1) is 6.42 Å². The van der Waals surface area contributed by atoms with Crippen molar-refractivity contribution in [3.63, 3.8) is 0 Å². The summed E-state index contributed by atoms with van der Waals surface area (Å²) in [7, 11) is 0. The number of aromatic nitrogens is 1. The van der Waals surface area contributed by atoms with Gasteiger partial charge in [-0.15, -0.1) is 0 Å². The minimum Gasteiger partial charge on any atom is -0.481 e. The van der Waals surface area contributed by atoms with E-state index in [0.29, 0.717) is 0 Å². The topological polar surface area (TPSA) is 53.1 Å². The molecule has 0 saturated carbocycles. The molecule has 0 bridgehead atoms. The molecular formula is C15H19NO2. The molecule has 0 unspecified atom stereocenters. The number of nitrogens with one attached hydrogen (secondary N) is 1. The van der Waals surface area contributed by atoms with E-state index < -0.39 is 5.97 Å². The second kappa shape index (κ2) is 4.16. The molecule has 0 amide bonds. The minimum atomic E-state index is -0.765. The van der Waals surface area contributed by atoms with E-state index in [1.807, 2.05) is 19.9 Å². The van der Waals surface area contributed by atoms with Crippen molar-refractivity contribution in [3.05, 3.63) is 35.0 Å². The highest BCUT2D eigenvalue weighted by atomic mass is 16.4. The molecule has 1 aromatic heterocycles. The van der Waals surface area contributed by atoms with Gasteiger partial charge < -0.3 is 10.1 Å². The number of fused-ring (bicyclic) bond motifs is 1. The Hall–Kier alpha value is -1.77. The van der Waals surface area contributed by atoms with Gasteiger partial charge in [-0.05, 0) is 31.0 Å². The zero-order valence-electron chi connectivity index (χ0n) is 11.3. The predicted octanol–water partition coefficient (Wildman–Crippen LogP) is 3.54. The van der Waals surface area contributed by atoms with Gasteiger partial charge >= 0.3 is 5.97 Å². The first-order valence-electron chi connectivity index (χ1n) is 6.12. The first-order chi connectivity index (χ1) is 8.31. The fraction of sp³-hybridized carbons (Fsp3) is 0.400. The summed E-state index contributed by atoms with van der Waals surface area (Å²) in [6, 6.07) is 6.18. The molecule has 2 N–H and O–H groups in total. The van der Waals surface area contributed by atoms with E-state index in [1.54, 1.807) is 0 Å². The summed E-state index contributed by atoms with van der Waals surface area (Å²) in [6.45, 7) is 8.07. The van der Waals surface area contributed by atoms with E-state index in [1.165, 1.54) is 10.9 Å². The number of hydrogen-bond acceptors (Lipinski definition) is 1. The number of carboxylic acid groups (broad SMARTS) is 1. The SMILES string of the molecule is Cc1[nH]c2cc(C(C)(C)CC(=O)O)ccc2c1C. The number of hydrogen-bond donors (Lipinski definition) is 2. The summed E-state index contributed by atoms with van der Waals surface area (Å²) >= 11 is 0. The van der Waals surface area contributed by atoms with Crippen molar-refractivity contribution in [1.29, 1.82) is 0 Å². The van der Waals surface area contributed by atoms with Crippen LogP contribution in [0.15, 0.2) is 18.2 Å². The maximum atomic E-state index is 10.9. The number of carbonyl (C=O) groups is 1. The van der Waals surface area contributed by atoms with E-state index in [-0.39, 0.29) is 11.8 Å². The Morgan fingerprint density at radius 2 is 2.00 bits per heavy atom. The molecule has 3 nitrogen and oxygen atoms in total. The number of rotatable bonds is 3. The van der Waals surface area contributed by atoms with Crippen molar-refractivity contribution >= 4 is 16.9 Å². The first kappa shape index (κ1) is 12.7. The van der Waals surface area contributed by atoms with Crippen LogP contribution in [0, 0.1) is 13.8 Å². The van der Waals surface area contributed by atoms with Gasteiger partial charge in [-0.2, -0.15) is 0 Å². The van der Waals surface area contributed by atoms with E-state index >= 15 is 0 Å². The third kappa shape index (κ3) is 2.13. The lowest BCUT2D eigenvalue weighted by atomic mass is 9.81. The van der Waals surface area contributed by atoms with Crippen LogP contribution in [0.5, 0.6) is 0 Å². The molecule has 0 aliphatic rings. The number of H-pyrrole nitrogens is 1. The highest BCUT2D eigenvalue weighted by Crippen LogP contribution is 2.31. The van der Waals surface area contributed by atoms with Gasteiger partial charge in [-0.3, -0.25) is 4.79 Å². The molecule has 3 heteroatoms.